The minimum Gasteiger partial charge on any atom is -0.481 e. The van der Waals surface area contributed by atoms with Gasteiger partial charge in [0.2, 0.25) is 0 Å². The minimum atomic E-state index is -1.48. The van der Waals surface area contributed by atoms with Gasteiger partial charge < -0.3 is 31.3 Å². The van der Waals surface area contributed by atoms with Gasteiger partial charge in [0, 0.05) is 18.5 Å². The number of nitrogens with one attached hydrogen (secondary N) is 3. The summed E-state index contributed by atoms with van der Waals surface area (Å²) in [7, 11) is 0. The Morgan fingerprint density at radius 1 is 0.744 bits per heavy atom. The molecule has 0 saturated carbocycles. The lowest BCUT2D eigenvalue weighted by Gasteiger charge is -2.18. The molecule has 11 nitrogen and oxygen atoms in total. The summed E-state index contributed by atoms with van der Waals surface area (Å²) >= 11 is 0. The third-order valence-corrected chi connectivity index (χ3v) is 5.57. The minimum absolute atomic E-state index is 0.0283. The van der Waals surface area contributed by atoms with Gasteiger partial charge in [0.1, 0.15) is 17.9 Å². The molecule has 0 saturated heterocycles. The van der Waals surface area contributed by atoms with Crippen molar-refractivity contribution < 1.29 is 43.7 Å². The van der Waals surface area contributed by atoms with Crippen LogP contribution in [0.4, 0.5) is 9.18 Å². The van der Waals surface area contributed by atoms with E-state index in [1.807, 2.05) is 12.2 Å². The van der Waals surface area contributed by atoms with Crippen LogP contribution in [0.1, 0.15) is 53.6 Å². The van der Waals surface area contributed by atoms with Crippen LogP contribution in [0, 0.1) is 5.82 Å². The second-order valence-electron chi connectivity index (χ2n) is 8.59. The lowest BCUT2D eigenvalue weighted by molar-refractivity contribution is -0.140. The molecule has 2 aromatic carbocycles. The highest BCUT2D eigenvalue weighted by Gasteiger charge is 2.24. The van der Waals surface area contributed by atoms with Gasteiger partial charge in [-0.05, 0) is 61.1 Å². The van der Waals surface area contributed by atoms with Gasteiger partial charge in [-0.2, -0.15) is 0 Å². The Morgan fingerprint density at radius 2 is 1.26 bits per heavy atom. The quantitative estimate of drug-likeness (QED) is 0.146. The van der Waals surface area contributed by atoms with Crippen LogP contribution < -0.4 is 16.0 Å². The number of aliphatic carboxylic acids is 3. The first-order chi connectivity index (χ1) is 18.5. The van der Waals surface area contributed by atoms with Crippen molar-refractivity contribution in [1.29, 1.82) is 0 Å². The highest BCUT2D eigenvalue weighted by molar-refractivity contribution is 5.94. The Bertz CT molecular complexity index is 1180. The predicted octanol–water partition coefficient (Wildman–Crippen LogP) is 2.97. The van der Waals surface area contributed by atoms with Gasteiger partial charge in [0.25, 0.3) is 5.91 Å². The van der Waals surface area contributed by atoms with Crippen molar-refractivity contribution in [3.8, 4) is 0 Å². The fourth-order valence-electron chi connectivity index (χ4n) is 3.43. The van der Waals surface area contributed by atoms with Crippen molar-refractivity contribution in [3.05, 3.63) is 71.0 Å². The van der Waals surface area contributed by atoms with Crippen molar-refractivity contribution >= 4 is 42.0 Å². The molecule has 0 bridgehead atoms. The van der Waals surface area contributed by atoms with E-state index in [1.165, 1.54) is 12.1 Å². The molecule has 3 amide bonds. The first-order valence-electron chi connectivity index (χ1n) is 12.1. The first kappa shape index (κ1) is 30.5. The highest BCUT2D eigenvalue weighted by Crippen LogP contribution is 2.11. The molecule has 0 fully saturated rings. The number of hydrogen-bond donors (Lipinski definition) is 6. The standard InChI is InChI=1S/C27H30FN3O8/c28-20-12-8-18(9-13-20)5-4-17-6-10-19(11-7-17)24(34)29-16-2-1-3-21(25(35)36)30-27(39)31-22(26(37)38)14-15-23(32)33/h4-13,21-22H,1-3,14-16H2,(H,29,34)(H,32,33)(H,35,36)(H,37,38)(H2,30,31,39). The number of unbranched alkanes of at least 4 members (excludes halogenated alkanes) is 1. The summed E-state index contributed by atoms with van der Waals surface area (Å²) in [6.45, 7) is 0.264. The molecule has 2 rings (SSSR count). The zero-order chi connectivity index (χ0) is 28.8. The van der Waals surface area contributed by atoms with Crippen LogP contribution in [0.3, 0.4) is 0 Å². The Labute approximate surface area is 223 Å². The largest absolute Gasteiger partial charge is 0.481 e. The first-order valence-corrected chi connectivity index (χ1v) is 12.1. The van der Waals surface area contributed by atoms with E-state index in [9.17, 15) is 33.5 Å². The summed E-state index contributed by atoms with van der Waals surface area (Å²) in [5.74, 6) is -4.61. The van der Waals surface area contributed by atoms with Crippen LogP contribution in [-0.2, 0) is 14.4 Å². The van der Waals surface area contributed by atoms with Crippen LogP contribution in [0.5, 0.6) is 0 Å². The van der Waals surface area contributed by atoms with E-state index in [2.05, 4.69) is 16.0 Å². The van der Waals surface area contributed by atoms with E-state index in [-0.39, 0.29) is 31.1 Å². The Kier molecular flexibility index (Phi) is 12.1. The maximum absolute atomic E-state index is 13.0. The summed E-state index contributed by atoms with van der Waals surface area (Å²) in [5, 5.41) is 34.1. The van der Waals surface area contributed by atoms with Gasteiger partial charge in [0.15, 0.2) is 0 Å². The maximum atomic E-state index is 13.0. The van der Waals surface area contributed by atoms with Crippen molar-refractivity contribution in [2.75, 3.05) is 6.54 Å². The summed E-state index contributed by atoms with van der Waals surface area (Å²) < 4.78 is 13.0. The highest BCUT2D eigenvalue weighted by atomic mass is 19.1. The molecule has 0 aromatic heterocycles. The van der Waals surface area contributed by atoms with Gasteiger partial charge in [-0.3, -0.25) is 9.59 Å². The van der Waals surface area contributed by atoms with Crippen LogP contribution in [0.25, 0.3) is 12.2 Å². The van der Waals surface area contributed by atoms with Gasteiger partial charge in [-0.1, -0.05) is 36.4 Å². The summed E-state index contributed by atoms with van der Waals surface area (Å²) in [6, 6.07) is 9.05. The number of rotatable bonds is 15. The number of carbonyl (C=O) groups excluding carboxylic acids is 2. The molecule has 0 heterocycles. The number of carbonyl (C=O) groups is 5. The fourth-order valence-corrected chi connectivity index (χ4v) is 3.43. The molecule has 0 spiro atoms. The number of amides is 3. The van der Waals surface area contributed by atoms with Gasteiger partial charge in [-0.25, -0.2) is 18.8 Å². The van der Waals surface area contributed by atoms with Crippen molar-refractivity contribution in [3.63, 3.8) is 0 Å². The molecule has 0 aliphatic carbocycles. The maximum Gasteiger partial charge on any atom is 0.326 e. The zero-order valence-corrected chi connectivity index (χ0v) is 20.9. The topological polar surface area (TPSA) is 182 Å². The lowest BCUT2D eigenvalue weighted by atomic mass is 10.1. The van der Waals surface area contributed by atoms with Crippen LogP contribution in [-0.4, -0.2) is 63.8 Å². The van der Waals surface area contributed by atoms with E-state index in [0.717, 1.165) is 11.1 Å². The molecule has 2 atom stereocenters. The number of benzene rings is 2. The van der Waals surface area contributed by atoms with Crippen LogP contribution in [0.15, 0.2) is 48.5 Å². The predicted molar refractivity (Wildman–Crippen MR) is 139 cm³/mol. The number of hydrogen-bond acceptors (Lipinski definition) is 5. The Balaban J connectivity index is 1.74. The average Bonchev–Trinajstić information content (AvgIpc) is 2.89. The molecule has 2 unspecified atom stereocenters. The van der Waals surface area contributed by atoms with Gasteiger partial charge in [0.05, 0.1) is 0 Å². The zero-order valence-electron chi connectivity index (χ0n) is 20.9. The number of carboxylic acids is 3. The van der Waals surface area contributed by atoms with E-state index in [0.29, 0.717) is 18.4 Å². The second kappa shape index (κ2) is 15.5. The molecule has 2 aromatic rings. The molecular weight excluding hydrogens is 513 g/mol. The van der Waals surface area contributed by atoms with E-state index in [4.69, 9.17) is 10.2 Å². The molecule has 0 aliphatic heterocycles. The normalized spacial score (nSPS) is 12.3. The van der Waals surface area contributed by atoms with E-state index >= 15 is 0 Å². The van der Waals surface area contributed by atoms with Crippen LogP contribution in [0.2, 0.25) is 0 Å². The van der Waals surface area contributed by atoms with Crippen molar-refractivity contribution in [2.24, 2.45) is 0 Å². The van der Waals surface area contributed by atoms with E-state index in [1.54, 1.807) is 36.4 Å². The third kappa shape index (κ3) is 11.5. The van der Waals surface area contributed by atoms with Gasteiger partial charge >= 0.3 is 23.9 Å². The molecule has 12 heteroatoms. The number of urea groups is 1. The summed E-state index contributed by atoms with van der Waals surface area (Å²) in [5.41, 5.74) is 2.12. The smallest absolute Gasteiger partial charge is 0.326 e. The lowest BCUT2D eigenvalue weighted by Crippen LogP contribution is -2.51. The second-order valence-corrected chi connectivity index (χ2v) is 8.59. The number of carboxylic acid groups (broad SMARTS) is 3. The molecule has 39 heavy (non-hydrogen) atoms. The van der Waals surface area contributed by atoms with Crippen molar-refractivity contribution in [1.82, 2.24) is 16.0 Å². The Morgan fingerprint density at radius 3 is 1.77 bits per heavy atom. The molecular formula is C27H30FN3O8. The number of halogens is 1. The van der Waals surface area contributed by atoms with Crippen molar-refractivity contribution in [2.45, 2.75) is 44.2 Å². The fraction of sp³-hybridized carbons (Fsp3) is 0.296. The average molecular weight is 544 g/mol. The monoisotopic (exact) mass is 543 g/mol. The van der Waals surface area contributed by atoms with Gasteiger partial charge in [-0.15, -0.1) is 0 Å². The summed E-state index contributed by atoms with van der Waals surface area (Å²) in [4.78, 5) is 57.7. The van der Waals surface area contributed by atoms with Crippen LogP contribution >= 0.6 is 0 Å². The summed E-state index contributed by atoms with van der Waals surface area (Å²) in [6.07, 6.45) is 3.61. The SMILES string of the molecule is O=C(O)CCC(NC(=O)NC(CCCCNC(=O)c1ccc(C=Cc2ccc(F)cc2)cc1)C(=O)O)C(=O)O. The molecule has 208 valence electrons. The van der Waals surface area contributed by atoms with E-state index < -0.39 is 42.4 Å². The molecule has 0 radical (unpaired) electrons. The Hall–Kier alpha value is -4.74. The molecule has 6 N–H and O–H groups in total. The third-order valence-electron chi connectivity index (χ3n) is 5.57. The molecule has 0 aliphatic rings.